The summed E-state index contributed by atoms with van der Waals surface area (Å²) in [5.41, 5.74) is 3.14. The van der Waals surface area contributed by atoms with E-state index < -0.39 is 0 Å². The summed E-state index contributed by atoms with van der Waals surface area (Å²) >= 11 is 3.24. The van der Waals surface area contributed by atoms with E-state index in [-0.39, 0.29) is 5.91 Å². The fourth-order valence-corrected chi connectivity index (χ4v) is 3.91. The predicted molar refractivity (Wildman–Crippen MR) is 97.7 cm³/mol. The number of hydrogen-bond acceptors (Lipinski definition) is 4. The zero-order valence-electron chi connectivity index (χ0n) is 12.0. The molecule has 1 heterocycles. The topological polar surface area (TPSA) is 41.5 Å². The average Bonchev–Trinajstić information content (AvgIpc) is 3.08. The van der Waals surface area contributed by atoms with Gasteiger partial charge in [-0.3, -0.25) is 9.79 Å². The summed E-state index contributed by atoms with van der Waals surface area (Å²) in [5, 5.41) is 2.92. The van der Waals surface area contributed by atoms with Gasteiger partial charge in [-0.15, -0.1) is 0 Å². The maximum atomic E-state index is 11.9. The van der Waals surface area contributed by atoms with Crippen LogP contribution in [0.15, 0.2) is 59.6 Å². The molecule has 5 heteroatoms. The minimum absolute atomic E-state index is 0.00709. The number of carbonyl (C=O) groups excluding carboxylic acids is 1. The van der Waals surface area contributed by atoms with E-state index in [1.807, 2.05) is 42.5 Å². The van der Waals surface area contributed by atoms with Gasteiger partial charge in [0.1, 0.15) is 4.38 Å². The highest BCUT2D eigenvalue weighted by Crippen LogP contribution is 2.23. The molecule has 1 N–H and O–H groups in total. The van der Waals surface area contributed by atoms with Crippen molar-refractivity contribution < 1.29 is 4.79 Å². The van der Waals surface area contributed by atoms with Crippen molar-refractivity contribution in [3.05, 3.63) is 54.6 Å². The van der Waals surface area contributed by atoms with Crippen LogP contribution in [0.5, 0.6) is 0 Å². The Morgan fingerprint density at radius 1 is 1.09 bits per heavy atom. The Hall–Kier alpha value is -1.72. The molecule has 3 rings (SSSR count). The van der Waals surface area contributed by atoms with Gasteiger partial charge in [-0.1, -0.05) is 66.0 Å². The molecule has 2 aromatic rings. The van der Waals surface area contributed by atoms with Gasteiger partial charge in [-0.2, -0.15) is 0 Å². The zero-order chi connectivity index (χ0) is 15.2. The number of hydrogen-bond donors (Lipinski definition) is 1. The molecule has 0 saturated heterocycles. The van der Waals surface area contributed by atoms with E-state index in [1.54, 1.807) is 11.8 Å². The number of nitrogens with zero attached hydrogens (tertiary/aromatic N) is 1. The third kappa shape index (κ3) is 4.15. The van der Waals surface area contributed by atoms with Crippen molar-refractivity contribution in [3.63, 3.8) is 0 Å². The minimum atomic E-state index is 0.00709. The molecular weight excluding hydrogens is 312 g/mol. The number of thioether (sulfide) groups is 2. The van der Waals surface area contributed by atoms with E-state index in [4.69, 9.17) is 0 Å². The van der Waals surface area contributed by atoms with Crippen molar-refractivity contribution >= 4 is 39.5 Å². The largest absolute Gasteiger partial charge is 0.325 e. The van der Waals surface area contributed by atoms with Crippen molar-refractivity contribution in [2.24, 2.45) is 4.99 Å². The Bertz CT molecular complexity index is 669. The maximum absolute atomic E-state index is 11.9. The maximum Gasteiger partial charge on any atom is 0.234 e. The molecular formula is C17H16N2OS2. The van der Waals surface area contributed by atoms with Gasteiger partial charge in [0.2, 0.25) is 5.91 Å². The number of benzene rings is 2. The minimum Gasteiger partial charge on any atom is -0.325 e. The number of nitrogens with one attached hydrogen (secondary N) is 1. The monoisotopic (exact) mass is 328 g/mol. The van der Waals surface area contributed by atoms with Crippen LogP contribution in [-0.2, 0) is 4.79 Å². The van der Waals surface area contributed by atoms with E-state index in [1.165, 1.54) is 17.3 Å². The van der Waals surface area contributed by atoms with E-state index in [9.17, 15) is 4.79 Å². The lowest BCUT2D eigenvalue weighted by Gasteiger charge is -2.06. The van der Waals surface area contributed by atoms with Crippen molar-refractivity contribution in [3.8, 4) is 11.1 Å². The van der Waals surface area contributed by atoms with Crippen LogP contribution < -0.4 is 5.32 Å². The third-order valence-electron chi connectivity index (χ3n) is 3.16. The van der Waals surface area contributed by atoms with E-state index in [0.717, 1.165) is 27.9 Å². The van der Waals surface area contributed by atoms with Crippen molar-refractivity contribution in [1.82, 2.24) is 0 Å². The molecule has 0 spiro atoms. The van der Waals surface area contributed by atoms with Crippen molar-refractivity contribution in [2.45, 2.75) is 0 Å². The van der Waals surface area contributed by atoms with Gasteiger partial charge in [-0.05, 0) is 23.3 Å². The Labute approximate surface area is 138 Å². The van der Waals surface area contributed by atoms with Crippen LogP contribution in [-0.4, -0.2) is 28.3 Å². The number of aliphatic imine (C=N–C) groups is 1. The fourth-order valence-electron chi connectivity index (χ4n) is 2.10. The third-order valence-corrected chi connectivity index (χ3v) is 5.41. The van der Waals surface area contributed by atoms with Gasteiger partial charge < -0.3 is 5.32 Å². The van der Waals surface area contributed by atoms with Gasteiger partial charge in [0.25, 0.3) is 0 Å². The number of rotatable bonds is 4. The summed E-state index contributed by atoms with van der Waals surface area (Å²) in [6.45, 7) is 0.871. The SMILES string of the molecule is O=C(CSC1=NCCS1)Nc1ccc(-c2ccccc2)cc1. The molecule has 112 valence electrons. The van der Waals surface area contributed by atoms with Crippen molar-refractivity contribution in [2.75, 3.05) is 23.4 Å². The molecule has 0 atom stereocenters. The van der Waals surface area contributed by atoms with Crippen LogP contribution >= 0.6 is 23.5 Å². The summed E-state index contributed by atoms with van der Waals surface area (Å²) in [7, 11) is 0. The summed E-state index contributed by atoms with van der Waals surface area (Å²) in [6.07, 6.45) is 0. The Morgan fingerprint density at radius 2 is 1.82 bits per heavy atom. The quantitative estimate of drug-likeness (QED) is 0.917. The molecule has 0 aromatic heterocycles. The van der Waals surface area contributed by atoms with Crippen LogP contribution in [0.2, 0.25) is 0 Å². The molecule has 0 bridgehead atoms. The number of carbonyl (C=O) groups is 1. The molecule has 0 fully saturated rings. The standard InChI is InChI=1S/C17H16N2OS2/c20-16(12-22-17-18-10-11-21-17)19-15-8-6-14(7-9-15)13-4-2-1-3-5-13/h1-9H,10-12H2,(H,19,20). The Morgan fingerprint density at radius 3 is 2.50 bits per heavy atom. The molecule has 22 heavy (non-hydrogen) atoms. The normalized spacial score (nSPS) is 13.7. The van der Waals surface area contributed by atoms with Gasteiger partial charge >= 0.3 is 0 Å². The second kappa shape index (κ2) is 7.51. The first-order valence-corrected chi connectivity index (χ1v) is 9.04. The lowest BCUT2D eigenvalue weighted by atomic mass is 10.1. The lowest BCUT2D eigenvalue weighted by molar-refractivity contribution is -0.113. The molecule has 1 aliphatic heterocycles. The summed E-state index contributed by atoms with van der Waals surface area (Å²) in [5.74, 6) is 1.45. The molecule has 1 aliphatic rings. The molecule has 0 radical (unpaired) electrons. The number of amides is 1. The van der Waals surface area contributed by atoms with Gasteiger partial charge in [-0.25, -0.2) is 0 Å². The van der Waals surface area contributed by atoms with E-state index in [0.29, 0.717) is 5.75 Å². The highest BCUT2D eigenvalue weighted by Gasteiger charge is 2.10. The predicted octanol–water partition coefficient (Wildman–Crippen LogP) is 4.13. The molecule has 3 nitrogen and oxygen atoms in total. The Kier molecular flexibility index (Phi) is 5.19. The first kappa shape index (κ1) is 15.2. The second-order valence-corrected chi connectivity index (χ2v) is 7.08. The van der Waals surface area contributed by atoms with Gasteiger partial charge in [0.15, 0.2) is 0 Å². The summed E-state index contributed by atoms with van der Waals surface area (Å²) in [4.78, 5) is 16.3. The van der Waals surface area contributed by atoms with E-state index in [2.05, 4.69) is 22.4 Å². The average molecular weight is 328 g/mol. The lowest BCUT2D eigenvalue weighted by Crippen LogP contribution is -2.14. The molecule has 2 aromatic carbocycles. The zero-order valence-corrected chi connectivity index (χ0v) is 13.6. The van der Waals surface area contributed by atoms with Crippen LogP contribution in [0.4, 0.5) is 5.69 Å². The van der Waals surface area contributed by atoms with Gasteiger partial charge in [0.05, 0.1) is 12.3 Å². The molecule has 0 aliphatic carbocycles. The molecule has 0 unspecified atom stereocenters. The smallest absolute Gasteiger partial charge is 0.234 e. The highest BCUT2D eigenvalue weighted by atomic mass is 32.2. The van der Waals surface area contributed by atoms with Crippen LogP contribution in [0.3, 0.4) is 0 Å². The first-order valence-electron chi connectivity index (χ1n) is 7.07. The fraction of sp³-hybridized carbons (Fsp3) is 0.176. The first-order chi connectivity index (χ1) is 10.8. The molecule has 1 amide bonds. The Balaban J connectivity index is 1.55. The van der Waals surface area contributed by atoms with Crippen LogP contribution in [0, 0.1) is 0 Å². The summed E-state index contributed by atoms with van der Waals surface area (Å²) in [6, 6.07) is 18.1. The van der Waals surface area contributed by atoms with Gasteiger partial charge in [0, 0.05) is 11.4 Å². The van der Waals surface area contributed by atoms with E-state index >= 15 is 0 Å². The number of anilines is 1. The molecule has 0 saturated carbocycles. The second-order valence-electron chi connectivity index (χ2n) is 4.78. The van der Waals surface area contributed by atoms with Crippen LogP contribution in [0.25, 0.3) is 11.1 Å². The van der Waals surface area contributed by atoms with Crippen molar-refractivity contribution in [1.29, 1.82) is 0 Å². The van der Waals surface area contributed by atoms with Crippen LogP contribution in [0.1, 0.15) is 0 Å². The highest BCUT2D eigenvalue weighted by molar-refractivity contribution is 8.39. The summed E-state index contributed by atoms with van der Waals surface area (Å²) < 4.78 is 1.02.